The Balaban J connectivity index is 1.47. The minimum atomic E-state index is -0.551. The summed E-state index contributed by atoms with van der Waals surface area (Å²) in [4.78, 5) is 37.6. The lowest BCUT2D eigenvalue weighted by atomic mass is 10.0. The van der Waals surface area contributed by atoms with Crippen molar-refractivity contribution in [3.8, 4) is 0 Å². The number of rotatable bonds is 4. The molecule has 1 aromatic rings. The van der Waals surface area contributed by atoms with Crippen molar-refractivity contribution in [1.82, 2.24) is 20.9 Å². The minimum Gasteiger partial charge on any atom is -0.322 e. The summed E-state index contributed by atoms with van der Waals surface area (Å²) >= 11 is 0. The fourth-order valence-corrected chi connectivity index (χ4v) is 3.41. The Morgan fingerprint density at radius 1 is 1.21 bits per heavy atom. The number of amides is 3. The average molecular weight is 328 g/mol. The standard InChI is InChI=1S/C17H20N4O3/c22-15-4-3-14(16(23)20-15)21-9-11-2-1-10(5-13(11)17(21)24)6-19-12-7-18-8-12/h1-2,5,12,14,18-19H,3-4,6-9H2,(H,20,22,23). The van der Waals surface area contributed by atoms with E-state index in [0.717, 1.165) is 30.8 Å². The van der Waals surface area contributed by atoms with Crippen LogP contribution >= 0.6 is 0 Å². The number of piperidine rings is 1. The highest BCUT2D eigenvalue weighted by atomic mass is 16.2. The number of hydrogen-bond acceptors (Lipinski definition) is 5. The van der Waals surface area contributed by atoms with Gasteiger partial charge in [-0.05, 0) is 23.6 Å². The van der Waals surface area contributed by atoms with Crippen LogP contribution in [-0.2, 0) is 22.7 Å². The zero-order valence-corrected chi connectivity index (χ0v) is 13.3. The topological polar surface area (TPSA) is 90.5 Å². The summed E-state index contributed by atoms with van der Waals surface area (Å²) in [5, 5.41) is 8.97. The monoisotopic (exact) mass is 328 g/mol. The zero-order valence-electron chi connectivity index (χ0n) is 13.3. The lowest BCUT2D eigenvalue weighted by Crippen LogP contribution is -2.54. The molecule has 3 heterocycles. The average Bonchev–Trinajstić information content (AvgIpc) is 2.83. The highest BCUT2D eigenvalue weighted by Gasteiger charge is 2.39. The van der Waals surface area contributed by atoms with Gasteiger partial charge in [-0.2, -0.15) is 0 Å². The van der Waals surface area contributed by atoms with E-state index in [1.54, 1.807) is 4.90 Å². The predicted molar refractivity (Wildman–Crippen MR) is 86.0 cm³/mol. The first-order valence-corrected chi connectivity index (χ1v) is 8.32. The van der Waals surface area contributed by atoms with Crippen LogP contribution in [-0.4, -0.2) is 47.8 Å². The molecule has 0 bridgehead atoms. The maximum absolute atomic E-state index is 12.7. The third-order valence-corrected chi connectivity index (χ3v) is 4.97. The van der Waals surface area contributed by atoms with Gasteiger partial charge >= 0.3 is 0 Å². The van der Waals surface area contributed by atoms with E-state index >= 15 is 0 Å². The molecule has 126 valence electrons. The van der Waals surface area contributed by atoms with Crippen LogP contribution in [0.4, 0.5) is 0 Å². The van der Waals surface area contributed by atoms with Crippen molar-refractivity contribution >= 4 is 17.7 Å². The van der Waals surface area contributed by atoms with E-state index in [1.807, 2.05) is 18.2 Å². The zero-order chi connectivity index (χ0) is 16.7. The van der Waals surface area contributed by atoms with E-state index in [1.165, 1.54) is 0 Å². The van der Waals surface area contributed by atoms with Gasteiger partial charge in [-0.15, -0.1) is 0 Å². The van der Waals surface area contributed by atoms with Gasteiger partial charge in [0.15, 0.2) is 0 Å². The molecule has 0 spiro atoms. The number of imide groups is 1. The summed E-state index contributed by atoms with van der Waals surface area (Å²) in [5.41, 5.74) is 2.68. The summed E-state index contributed by atoms with van der Waals surface area (Å²) in [6.45, 7) is 3.12. The third kappa shape index (κ3) is 2.70. The molecule has 0 saturated carbocycles. The Morgan fingerprint density at radius 2 is 2.04 bits per heavy atom. The summed E-state index contributed by atoms with van der Waals surface area (Å²) in [6.07, 6.45) is 0.675. The second-order valence-corrected chi connectivity index (χ2v) is 6.63. The van der Waals surface area contributed by atoms with Gasteiger partial charge in [0.1, 0.15) is 6.04 Å². The van der Waals surface area contributed by atoms with Crippen LogP contribution in [0.2, 0.25) is 0 Å². The Kier molecular flexibility index (Phi) is 3.82. The maximum atomic E-state index is 12.7. The molecule has 2 saturated heterocycles. The van der Waals surface area contributed by atoms with Gasteiger partial charge in [-0.1, -0.05) is 12.1 Å². The number of carbonyl (C=O) groups excluding carboxylic acids is 3. The van der Waals surface area contributed by atoms with E-state index in [0.29, 0.717) is 24.6 Å². The predicted octanol–water partition coefficient (Wildman–Crippen LogP) is -0.491. The van der Waals surface area contributed by atoms with Crippen molar-refractivity contribution in [2.75, 3.05) is 13.1 Å². The Labute approximate surface area is 139 Å². The van der Waals surface area contributed by atoms with E-state index in [9.17, 15) is 14.4 Å². The van der Waals surface area contributed by atoms with Crippen LogP contribution in [0.1, 0.15) is 34.3 Å². The summed E-state index contributed by atoms with van der Waals surface area (Å²) in [7, 11) is 0. The van der Waals surface area contributed by atoms with Crippen LogP contribution < -0.4 is 16.0 Å². The van der Waals surface area contributed by atoms with Crippen LogP contribution in [0, 0.1) is 0 Å². The molecule has 1 unspecified atom stereocenters. The molecular formula is C17H20N4O3. The second-order valence-electron chi connectivity index (χ2n) is 6.63. The molecule has 3 N–H and O–H groups in total. The van der Waals surface area contributed by atoms with Crippen molar-refractivity contribution in [2.45, 2.75) is 38.0 Å². The molecule has 0 aliphatic carbocycles. The minimum absolute atomic E-state index is 0.119. The second kappa shape index (κ2) is 5.99. The van der Waals surface area contributed by atoms with Gasteiger partial charge in [-0.25, -0.2) is 0 Å². The van der Waals surface area contributed by atoms with Gasteiger partial charge < -0.3 is 15.5 Å². The van der Waals surface area contributed by atoms with E-state index < -0.39 is 6.04 Å². The van der Waals surface area contributed by atoms with Crippen molar-refractivity contribution in [2.24, 2.45) is 0 Å². The Bertz CT molecular complexity index is 714. The fraction of sp³-hybridized carbons (Fsp3) is 0.471. The lowest BCUT2D eigenvalue weighted by molar-refractivity contribution is -0.136. The molecule has 3 aliphatic heterocycles. The molecule has 24 heavy (non-hydrogen) atoms. The number of benzene rings is 1. The van der Waals surface area contributed by atoms with Crippen LogP contribution in [0.5, 0.6) is 0 Å². The van der Waals surface area contributed by atoms with E-state index in [2.05, 4.69) is 16.0 Å². The summed E-state index contributed by atoms with van der Waals surface area (Å²) in [6, 6.07) is 5.86. The molecule has 7 nitrogen and oxygen atoms in total. The molecule has 3 amide bonds. The van der Waals surface area contributed by atoms with Crippen LogP contribution in [0.15, 0.2) is 18.2 Å². The molecule has 7 heteroatoms. The normalized spacial score (nSPS) is 23.9. The van der Waals surface area contributed by atoms with Gasteiger partial charge in [0.2, 0.25) is 11.8 Å². The quantitative estimate of drug-likeness (QED) is 0.649. The summed E-state index contributed by atoms with van der Waals surface area (Å²) < 4.78 is 0. The van der Waals surface area contributed by atoms with Crippen molar-refractivity contribution in [3.63, 3.8) is 0 Å². The SMILES string of the molecule is O=C1CCC(N2Cc3ccc(CNC4CNC4)cc3C2=O)C(=O)N1. The molecule has 0 aromatic heterocycles. The highest BCUT2D eigenvalue weighted by Crippen LogP contribution is 2.28. The van der Waals surface area contributed by atoms with Gasteiger partial charge in [0.25, 0.3) is 5.91 Å². The number of nitrogens with zero attached hydrogens (tertiary/aromatic N) is 1. The maximum Gasteiger partial charge on any atom is 0.255 e. The van der Waals surface area contributed by atoms with Crippen molar-refractivity contribution < 1.29 is 14.4 Å². The highest BCUT2D eigenvalue weighted by molar-refractivity contribution is 6.05. The lowest BCUT2D eigenvalue weighted by Gasteiger charge is -2.29. The Hall–Kier alpha value is -2.25. The first-order valence-electron chi connectivity index (χ1n) is 8.32. The first kappa shape index (κ1) is 15.3. The van der Waals surface area contributed by atoms with Crippen LogP contribution in [0.3, 0.4) is 0 Å². The number of fused-ring (bicyclic) bond motifs is 1. The number of carbonyl (C=O) groups is 3. The van der Waals surface area contributed by atoms with Gasteiger partial charge in [-0.3, -0.25) is 19.7 Å². The van der Waals surface area contributed by atoms with Gasteiger partial charge in [0, 0.05) is 44.2 Å². The third-order valence-electron chi connectivity index (χ3n) is 4.97. The largest absolute Gasteiger partial charge is 0.322 e. The number of hydrogen-bond donors (Lipinski definition) is 3. The molecule has 2 fully saturated rings. The Morgan fingerprint density at radius 3 is 2.75 bits per heavy atom. The van der Waals surface area contributed by atoms with E-state index in [-0.39, 0.29) is 24.1 Å². The molecule has 0 radical (unpaired) electrons. The van der Waals surface area contributed by atoms with Crippen LogP contribution in [0.25, 0.3) is 0 Å². The first-order chi connectivity index (χ1) is 11.6. The molecule has 4 rings (SSSR count). The van der Waals surface area contributed by atoms with E-state index in [4.69, 9.17) is 0 Å². The molecule has 3 aliphatic rings. The molecule has 1 atom stereocenters. The smallest absolute Gasteiger partial charge is 0.255 e. The number of nitrogens with one attached hydrogen (secondary N) is 3. The summed E-state index contributed by atoms with van der Waals surface area (Å²) in [5.74, 6) is -0.752. The van der Waals surface area contributed by atoms with Gasteiger partial charge in [0.05, 0.1) is 0 Å². The molecular weight excluding hydrogens is 308 g/mol. The molecule has 1 aromatic carbocycles. The van der Waals surface area contributed by atoms with Crippen molar-refractivity contribution in [1.29, 1.82) is 0 Å². The van der Waals surface area contributed by atoms with Crippen molar-refractivity contribution in [3.05, 3.63) is 34.9 Å². The fourth-order valence-electron chi connectivity index (χ4n) is 3.41.